The normalized spacial score (nSPS) is 16.1. The minimum atomic E-state index is -1.21. The van der Waals surface area contributed by atoms with Crippen LogP contribution in [0.4, 0.5) is 0 Å². The largest absolute Gasteiger partial charge is 0.469 e. The Labute approximate surface area is 120 Å². The van der Waals surface area contributed by atoms with E-state index < -0.39 is 14.5 Å². The standard InChI is InChI=1S/C15H30O3Si/c1-10-11(15(5,6)13(16)17-7)12(14(2,3)4)18-19(8)9/h10-12,19H,1H2,2-9H3. The topological polar surface area (TPSA) is 35.5 Å². The van der Waals surface area contributed by atoms with Gasteiger partial charge in [-0.2, -0.15) is 0 Å². The Hall–Kier alpha value is -0.613. The third-order valence-electron chi connectivity index (χ3n) is 3.40. The van der Waals surface area contributed by atoms with Gasteiger partial charge in [-0.1, -0.05) is 26.8 Å². The predicted octanol–water partition coefficient (Wildman–Crippen LogP) is 3.40. The van der Waals surface area contributed by atoms with Crippen LogP contribution in [0.5, 0.6) is 0 Å². The number of methoxy groups -OCH3 is 1. The number of rotatable bonds is 6. The van der Waals surface area contributed by atoms with Gasteiger partial charge in [0.1, 0.15) is 0 Å². The van der Waals surface area contributed by atoms with E-state index in [0.29, 0.717) is 0 Å². The molecule has 2 unspecified atom stereocenters. The van der Waals surface area contributed by atoms with Crippen LogP contribution in [0.15, 0.2) is 12.7 Å². The molecule has 0 amide bonds. The Bertz CT molecular complexity index is 316. The second-order valence-electron chi connectivity index (χ2n) is 6.95. The summed E-state index contributed by atoms with van der Waals surface area (Å²) in [5, 5.41) is 0. The summed E-state index contributed by atoms with van der Waals surface area (Å²) in [4.78, 5) is 12.0. The Morgan fingerprint density at radius 2 is 1.68 bits per heavy atom. The molecule has 4 heteroatoms. The summed E-state index contributed by atoms with van der Waals surface area (Å²) in [7, 11) is 0.215. The quantitative estimate of drug-likeness (QED) is 0.426. The fraction of sp³-hybridized carbons (Fsp3) is 0.800. The zero-order chi connectivity index (χ0) is 15.4. The lowest BCUT2D eigenvalue weighted by Crippen LogP contribution is -2.47. The minimum absolute atomic E-state index is 0.0363. The molecule has 0 saturated carbocycles. The van der Waals surface area contributed by atoms with Crippen molar-refractivity contribution in [2.75, 3.05) is 7.11 Å². The molecule has 0 aliphatic rings. The lowest BCUT2D eigenvalue weighted by molar-refractivity contribution is -0.156. The number of ether oxygens (including phenoxy) is 1. The molecule has 0 N–H and O–H groups in total. The fourth-order valence-corrected chi connectivity index (χ4v) is 3.48. The molecule has 0 rings (SSSR count). The number of hydrogen-bond donors (Lipinski definition) is 0. The van der Waals surface area contributed by atoms with E-state index in [1.54, 1.807) is 0 Å². The van der Waals surface area contributed by atoms with Crippen molar-refractivity contribution < 1.29 is 14.0 Å². The zero-order valence-corrected chi connectivity index (χ0v) is 14.9. The molecule has 0 spiro atoms. The molecule has 0 fully saturated rings. The van der Waals surface area contributed by atoms with Gasteiger partial charge in [0.2, 0.25) is 0 Å². The van der Waals surface area contributed by atoms with Crippen LogP contribution in [0.3, 0.4) is 0 Å². The highest BCUT2D eigenvalue weighted by atomic mass is 28.3. The van der Waals surface area contributed by atoms with Crippen LogP contribution in [-0.2, 0) is 14.0 Å². The summed E-state index contributed by atoms with van der Waals surface area (Å²) >= 11 is 0. The van der Waals surface area contributed by atoms with Crippen molar-refractivity contribution in [1.82, 2.24) is 0 Å². The maximum atomic E-state index is 12.0. The summed E-state index contributed by atoms with van der Waals surface area (Å²) in [5.41, 5.74) is -0.695. The first-order chi connectivity index (χ1) is 8.48. The Morgan fingerprint density at radius 1 is 1.21 bits per heavy atom. The van der Waals surface area contributed by atoms with Crippen molar-refractivity contribution in [1.29, 1.82) is 0 Å². The molecule has 0 aromatic heterocycles. The maximum Gasteiger partial charge on any atom is 0.311 e. The third kappa shape index (κ3) is 4.77. The van der Waals surface area contributed by atoms with Crippen molar-refractivity contribution in [3.05, 3.63) is 12.7 Å². The molecule has 0 aliphatic carbocycles. The predicted molar refractivity (Wildman–Crippen MR) is 82.7 cm³/mol. The first kappa shape index (κ1) is 18.4. The lowest BCUT2D eigenvalue weighted by atomic mass is 9.69. The Morgan fingerprint density at radius 3 is 1.95 bits per heavy atom. The first-order valence-corrected chi connectivity index (χ1v) is 9.63. The van der Waals surface area contributed by atoms with Gasteiger partial charge < -0.3 is 9.16 Å². The smallest absolute Gasteiger partial charge is 0.311 e. The van der Waals surface area contributed by atoms with Crippen LogP contribution < -0.4 is 0 Å². The van der Waals surface area contributed by atoms with Crippen molar-refractivity contribution in [3.8, 4) is 0 Å². The summed E-state index contributed by atoms with van der Waals surface area (Å²) in [6, 6.07) is 0. The Balaban J connectivity index is 5.48. The molecule has 0 aromatic carbocycles. The molecule has 3 nitrogen and oxygen atoms in total. The summed E-state index contributed by atoms with van der Waals surface area (Å²) < 4.78 is 11.1. The highest BCUT2D eigenvalue weighted by Crippen LogP contribution is 2.40. The van der Waals surface area contributed by atoms with Gasteiger partial charge in [-0.3, -0.25) is 4.79 Å². The molecule has 0 aromatic rings. The molecule has 0 radical (unpaired) electrons. The number of hydrogen-bond acceptors (Lipinski definition) is 3. The SMILES string of the molecule is C=CC(C(O[SiH](C)C)C(C)(C)C)C(C)(C)C(=O)OC. The van der Waals surface area contributed by atoms with Crippen LogP contribution in [0.2, 0.25) is 13.1 Å². The molecule has 112 valence electrons. The van der Waals surface area contributed by atoms with Crippen LogP contribution in [0, 0.1) is 16.7 Å². The van der Waals surface area contributed by atoms with Crippen LogP contribution in [0.1, 0.15) is 34.6 Å². The second kappa shape index (κ2) is 6.71. The highest BCUT2D eigenvalue weighted by Gasteiger charge is 2.45. The van der Waals surface area contributed by atoms with Gasteiger partial charge in [-0.15, -0.1) is 6.58 Å². The van der Waals surface area contributed by atoms with Crippen LogP contribution in [0.25, 0.3) is 0 Å². The van der Waals surface area contributed by atoms with Gasteiger partial charge in [0.05, 0.1) is 18.6 Å². The van der Waals surface area contributed by atoms with Gasteiger partial charge in [-0.25, -0.2) is 0 Å². The monoisotopic (exact) mass is 286 g/mol. The van der Waals surface area contributed by atoms with Gasteiger partial charge in [-0.05, 0) is 32.4 Å². The number of esters is 1. The van der Waals surface area contributed by atoms with E-state index in [-0.39, 0.29) is 23.4 Å². The van der Waals surface area contributed by atoms with E-state index in [1.165, 1.54) is 7.11 Å². The van der Waals surface area contributed by atoms with E-state index in [1.807, 2.05) is 19.9 Å². The van der Waals surface area contributed by atoms with Gasteiger partial charge >= 0.3 is 5.97 Å². The van der Waals surface area contributed by atoms with Gasteiger partial charge in [0.25, 0.3) is 0 Å². The summed E-state index contributed by atoms with van der Waals surface area (Å²) in [5.74, 6) is -0.296. The summed E-state index contributed by atoms with van der Waals surface area (Å²) in [6.07, 6.45) is 1.80. The average molecular weight is 286 g/mol. The minimum Gasteiger partial charge on any atom is -0.469 e. The Kier molecular flexibility index (Phi) is 6.49. The molecule has 0 bridgehead atoms. The van der Waals surface area contributed by atoms with Crippen molar-refractivity contribution >= 4 is 15.0 Å². The number of carbonyl (C=O) groups is 1. The average Bonchev–Trinajstić information content (AvgIpc) is 2.25. The molecule has 0 saturated heterocycles. The van der Waals surface area contributed by atoms with Crippen LogP contribution in [-0.4, -0.2) is 28.2 Å². The van der Waals surface area contributed by atoms with Crippen molar-refractivity contribution in [3.63, 3.8) is 0 Å². The van der Waals surface area contributed by atoms with E-state index in [0.717, 1.165) is 0 Å². The van der Waals surface area contributed by atoms with Crippen LogP contribution >= 0.6 is 0 Å². The van der Waals surface area contributed by atoms with E-state index in [4.69, 9.17) is 9.16 Å². The van der Waals surface area contributed by atoms with E-state index in [9.17, 15) is 4.79 Å². The zero-order valence-electron chi connectivity index (χ0n) is 13.7. The second-order valence-corrected chi connectivity index (χ2v) is 9.32. The lowest BCUT2D eigenvalue weighted by Gasteiger charge is -2.43. The first-order valence-electron chi connectivity index (χ1n) is 6.84. The van der Waals surface area contributed by atoms with Gasteiger partial charge in [0.15, 0.2) is 9.04 Å². The molecular formula is C15H30O3Si. The fourth-order valence-electron chi connectivity index (χ4n) is 2.32. The molecule has 2 atom stereocenters. The third-order valence-corrected chi connectivity index (χ3v) is 4.23. The molecule has 0 aliphatic heterocycles. The molecule has 0 heterocycles. The number of carbonyl (C=O) groups excluding carboxylic acids is 1. The van der Waals surface area contributed by atoms with E-state index >= 15 is 0 Å². The van der Waals surface area contributed by atoms with Crippen molar-refractivity contribution in [2.45, 2.75) is 53.8 Å². The van der Waals surface area contributed by atoms with Crippen molar-refractivity contribution in [2.24, 2.45) is 16.7 Å². The maximum absolute atomic E-state index is 12.0. The highest BCUT2D eigenvalue weighted by molar-refractivity contribution is 6.48. The molecular weight excluding hydrogens is 256 g/mol. The van der Waals surface area contributed by atoms with E-state index in [2.05, 4.69) is 40.4 Å². The molecule has 19 heavy (non-hydrogen) atoms. The summed E-state index contributed by atoms with van der Waals surface area (Å²) in [6.45, 7) is 18.4. The van der Waals surface area contributed by atoms with Gasteiger partial charge in [0, 0.05) is 5.92 Å².